The van der Waals surface area contributed by atoms with E-state index in [1.165, 1.54) is 12.1 Å². The molecule has 6 nitrogen and oxygen atoms in total. The average molecular weight is 545 g/mol. The molecule has 0 unspecified atom stereocenters. The van der Waals surface area contributed by atoms with Gasteiger partial charge in [0, 0.05) is 62.2 Å². The molecule has 0 aliphatic carbocycles. The molecule has 0 bridgehead atoms. The van der Waals surface area contributed by atoms with Crippen LogP contribution in [0.4, 0.5) is 10.1 Å². The van der Waals surface area contributed by atoms with E-state index in [9.17, 15) is 14.0 Å². The zero-order valence-corrected chi connectivity index (χ0v) is 24.0. The molecule has 1 aliphatic rings. The Morgan fingerprint density at radius 2 is 1.70 bits per heavy atom. The smallest absolute Gasteiger partial charge is 0.251 e. The predicted octanol–water partition coefficient (Wildman–Crippen LogP) is 6.25. The molecule has 40 heavy (non-hydrogen) atoms. The van der Waals surface area contributed by atoms with Gasteiger partial charge in [-0.3, -0.25) is 19.5 Å². The van der Waals surface area contributed by atoms with E-state index < -0.39 is 0 Å². The minimum absolute atomic E-state index is 0.00960. The molecule has 0 saturated carbocycles. The van der Waals surface area contributed by atoms with E-state index in [0.717, 1.165) is 67.6 Å². The summed E-state index contributed by atoms with van der Waals surface area (Å²) in [6.45, 7) is 9.04. The van der Waals surface area contributed by atoms with Crippen LogP contribution in [0.15, 0.2) is 67.0 Å². The van der Waals surface area contributed by atoms with Crippen LogP contribution in [0.1, 0.15) is 79.9 Å². The third-order valence-electron chi connectivity index (χ3n) is 7.71. The summed E-state index contributed by atoms with van der Waals surface area (Å²) in [6.07, 6.45) is 9.14. The number of aromatic nitrogens is 1. The Morgan fingerprint density at radius 1 is 0.975 bits per heavy atom. The minimum Gasteiger partial charge on any atom is -0.351 e. The molecule has 0 spiro atoms. The van der Waals surface area contributed by atoms with Crippen molar-refractivity contribution in [3.8, 4) is 0 Å². The number of rotatable bonds is 6. The summed E-state index contributed by atoms with van der Waals surface area (Å²) in [4.78, 5) is 34.6. The van der Waals surface area contributed by atoms with E-state index in [4.69, 9.17) is 0 Å². The number of pyridine rings is 1. The van der Waals surface area contributed by atoms with E-state index in [-0.39, 0.29) is 23.0 Å². The van der Waals surface area contributed by atoms with Gasteiger partial charge in [0.05, 0.1) is 0 Å². The Balaban J connectivity index is 1.60. The van der Waals surface area contributed by atoms with Gasteiger partial charge in [0.2, 0.25) is 5.91 Å². The zero-order valence-electron chi connectivity index (χ0n) is 24.0. The largest absolute Gasteiger partial charge is 0.351 e. The van der Waals surface area contributed by atoms with Crippen LogP contribution < -0.4 is 10.2 Å². The Kier molecular flexibility index (Phi) is 10.0. The second-order valence-electron chi connectivity index (χ2n) is 11.4. The molecule has 2 heterocycles. The lowest BCUT2D eigenvalue weighted by molar-refractivity contribution is -0.116. The molecule has 1 N–H and O–H groups in total. The highest BCUT2D eigenvalue weighted by Gasteiger charge is 2.24. The van der Waals surface area contributed by atoms with Gasteiger partial charge >= 0.3 is 0 Å². The number of hydrogen-bond donors (Lipinski definition) is 1. The second kappa shape index (κ2) is 13.7. The molecule has 0 fully saturated rings. The van der Waals surface area contributed by atoms with Gasteiger partial charge in [-0.05, 0) is 72.5 Å². The van der Waals surface area contributed by atoms with Crippen molar-refractivity contribution < 1.29 is 14.0 Å². The number of nitrogens with zero attached hydrogens (tertiary/aromatic N) is 3. The number of amides is 2. The Bertz CT molecular complexity index is 1280. The summed E-state index contributed by atoms with van der Waals surface area (Å²) < 4.78 is 13.4. The van der Waals surface area contributed by atoms with Crippen LogP contribution in [0.25, 0.3) is 0 Å². The molecule has 212 valence electrons. The first-order chi connectivity index (χ1) is 19.2. The summed E-state index contributed by atoms with van der Waals surface area (Å²) in [7, 11) is 0. The number of anilines is 1. The molecule has 0 atom stereocenters. The number of halogens is 1. The van der Waals surface area contributed by atoms with Crippen LogP contribution in [0.5, 0.6) is 0 Å². The van der Waals surface area contributed by atoms with Crippen molar-refractivity contribution in [2.24, 2.45) is 0 Å². The zero-order chi connectivity index (χ0) is 28.5. The lowest BCUT2D eigenvalue weighted by Crippen LogP contribution is -2.37. The maximum absolute atomic E-state index is 13.4. The minimum atomic E-state index is -0.369. The first-order valence-corrected chi connectivity index (χ1v) is 14.3. The van der Waals surface area contributed by atoms with Gasteiger partial charge in [-0.15, -0.1) is 0 Å². The van der Waals surface area contributed by atoms with Crippen molar-refractivity contribution in [1.82, 2.24) is 15.2 Å². The Hall–Kier alpha value is -3.58. The molecular formula is C33H41FN4O2. The SMILES string of the molecule is CC(=O)N1CCCCCCCN(Cc2cccnc2)Cc2cc(C(=O)NCC(C)(C)c3ccc(F)cc3)ccc21. The van der Waals surface area contributed by atoms with Crippen LogP contribution in [0.2, 0.25) is 0 Å². The van der Waals surface area contributed by atoms with Crippen molar-refractivity contribution >= 4 is 17.5 Å². The number of nitrogens with one attached hydrogen (secondary N) is 1. The van der Waals surface area contributed by atoms with Crippen LogP contribution in [-0.4, -0.2) is 41.3 Å². The molecule has 2 aromatic carbocycles. The van der Waals surface area contributed by atoms with Crippen molar-refractivity contribution in [2.45, 2.75) is 71.4 Å². The number of carbonyl (C=O) groups excluding carboxylic acids is 2. The third kappa shape index (κ3) is 7.98. The monoisotopic (exact) mass is 544 g/mol. The lowest BCUT2D eigenvalue weighted by Gasteiger charge is -2.29. The van der Waals surface area contributed by atoms with Crippen LogP contribution in [0, 0.1) is 5.82 Å². The van der Waals surface area contributed by atoms with E-state index in [1.807, 2.05) is 49.2 Å². The normalized spacial score (nSPS) is 15.4. The van der Waals surface area contributed by atoms with Gasteiger partial charge < -0.3 is 10.2 Å². The summed E-state index contributed by atoms with van der Waals surface area (Å²) in [5, 5.41) is 3.08. The molecule has 1 aliphatic heterocycles. The number of benzene rings is 2. The van der Waals surface area contributed by atoms with Crippen molar-refractivity contribution in [3.05, 3.63) is 95.1 Å². The van der Waals surface area contributed by atoms with Crippen molar-refractivity contribution in [2.75, 3.05) is 24.5 Å². The van der Waals surface area contributed by atoms with Gasteiger partial charge in [0.1, 0.15) is 5.82 Å². The van der Waals surface area contributed by atoms with Gasteiger partial charge in [-0.1, -0.05) is 51.3 Å². The van der Waals surface area contributed by atoms with Gasteiger partial charge in [-0.2, -0.15) is 0 Å². The first kappa shape index (κ1) is 29.4. The Labute approximate surface area is 237 Å². The van der Waals surface area contributed by atoms with Gasteiger partial charge in [-0.25, -0.2) is 4.39 Å². The number of fused-ring (bicyclic) bond motifs is 1. The summed E-state index contributed by atoms with van der Waals surface area (Å²) in [6, 6.07) is 16.1. The average Bonchev–Trinajstić information content (AvgIpc) is 2.93. The fourth-order valence-electron chi connectivity index (χ4n) is 5.31. The third-order valence-corrected chi connectivity index (χ3v) is 7.71. The maximum Gasteiger partial charge on any atom is 0.251 e. The standard InChI is InChI=1S/C33H41FN4O2/c1-25(39)38-19-8-6-4-5-7-18-37(22-26-10-9-17-35-21-26)23-28-20-27(11-16-31(28)38)32(40)36-24-33(2,3)29-12-14-30(34)15-13-29/h9-17,20-21H,4-8,18-19,22-24H2,1-3H3,(H,36,40). The van der Waals surface area contributed by atoms with E-state index >= 15 is 0 Å². The van der Waals surface area contributed by atoms with E-state index in [2.05, 4.69) is 21.3 Å². The van der Waals surface area contributed by atoms with Crippen LogP contribution >= 0.6 is 0 Å². The maximum atomic E-state index is 13.4. The molecule has 0 saturated heterocycles. The summed E-state index contributed by atoms with van der Waals surface area (Å²) in [5.41, 5.74) is 4.11. The fraction of sp³-hybridized carbons (Fsp3) is 0.424. The molecule has 2 amide bonds. The summed E-state index contributed by atoms with van der Waals surface area (Å²) >= 11 is 0. The highest BCUT2D eigenvalue weighted by atomic mass is 19.1. The highest BCUT2D eigenvalue weighted by molar-refractivity contribution is 5.97. The second-order valence-corrected chi connectivity index (χ2v) is 11.4. The Morgan fingerprint density at radius 3 is 2.40 bits per heavy atom. The first-order valence-electron chi connectivity index (χ1n) is 14.3. The topological polar surface area (TPSA) is 65.5 Å². The van der Waals surface area contributed by atoms with Crippen LogP contribution in [0.3, 0.4) is 0 Å². The predicted molar refractivity (Wildman–Crippen MR) is 158 cm³/mol. The lowest BCUT2D eigenvalue weighted by atomic mass is 9.84. The molecule has 7 heteroatoms. The molecule has 1 aromatic heterocycles. The number of hydrogen-bond acceptors (Lipinski definition) is 4. The molecule has 3 aromatic rings. The quantitative estimate of drug-likeness (QED) is 0.399. The molecular weight excluding hydrogens is 503 g/mol. The summed E-state index contributed by atoms with van der Waals surface area (Å²) in [5.74, 6) is -0.438. The van der Waals surface area contributed by atoms with Crippen molar-refractivity contribution in [3.63, 3.8) is 0 Å². The fourth-order valence-corrected chi connectivity index (χ4v) is 5.31. The van der Waals surface area contributed by atoms with Crippen molar-refractivity contribution in [1.29, 1.82) is 0 Å². The van der Waals surface area contributed by atoms with Gasteiger partial charge in [0.15, 0.2) is 0 Å². The van der Waals surface area contributed by atoms with E-state index in [0.29, 0.717) is 25.2 Å². The van der Waals surface area contributed by atoms with Gasteiger partial charge in [0.25, 0.3) is 5.91 Å². The molecule has 0 radical (unpaired) electrons. The highest BCUT2D eigenvalue weighted by Crippen LogP contribution is 2.27. The number of carbonyl (C=O) groups is 2. The molecule has 4 rings (SSSR count). The van der Waals surface area contributed by atoms with E-state index in [1.54, 1.807) is 25.3 Å². The van der Waals surface area contributed by atoms with Crippen LogP contribution in [-0.2, 0) is 23.3 Å².